The minimum absolute atomic E-state index is 0.294. The fourth-order valence-corrected chi connectivity index (χ4v) is 2.11. The summed E-state index contributed by atoms with van der Waals surface area (Å²) in [4.78, 5) is 11.9. The SMILES string of the molecule is CC(NC(=O)c1cc(F)c(F)cc1F)C(O)Cc1ccccc1. The molecule has 2 aromatic rings. The second kappa shape index (κ2) is 7.28. The third kappa shape index (κ3) is 4.32. The molecule has 1 amide bonds. The van der Waals surface area contributed by atoms with Crippen LogP contribution in [0.2, 0.25) is 0 Å². The number of hydrogen-bond acceptors (Lipinski definition) is 2. The van der Waals surface area contributed by atoms with Gasteiger partial charge in [0.2, 0.25) is 0 Å². The highest BCUT2D eigenvalue weighted by molar-refractivity contribution is 5.94. The number of aliphatic hydroxyl groups excluding tert-OH is 1. The van der Waals surface area contributed by atoms with Crippen molar-refractivity contribution in [1.82, 2.24) is 5.32 Å². The molecular weight excluding hydrogens is 307 g/mol. The molecule has 0 aliphatic carbocycles. The quantitative estimate of drug-likeness (QED) is 0.831. The summed E-state index contributed by atoms with van der Waals surface area (Å²) >= 11 is 0. The molecule has 2 atom stereocenters. The van der Waals surface area contributed by atoms with E-state index < -0.39 is 41.1 Å². The number of aliphatic hydroxyl groups is 1. The van der Waals surface area contributed by atoms with Crippen LogP contribution in [0.25, 0.3) is 0 Å². The van der Waals surface area contributed by atoms with Gasteiger partial charge in [0.15, 0.2) is 11.6 Å². The van der Waals surface area contributed by atoms with Crippen molar-refractivity contribution >= 4 is 5.91 Å². The fourth-order valence-electron chi connectivity index (χ4n) is 2.11. The lowest BCUT2D eigenvalue weighted by Gasteiger charge is -2.20. The lowest BCUT2D eigenvalue weighted by Crippen LogP contribution is -2.42. The average molecular weight is 323 g/mol. The molecule has 0 heterocycles. The number of nitrogens with one attached hydrogen (secondary N) is 1. The topological polar surface area (TPSA) is 49.3 Å². The average Bonchev–Trinajstić information content (AvgIpc) is 2.51. The van der Waals surface area contributed by atoms with Crippen molar-refractivity contribution in [2.24, 2.45) is 0 Å². The van der Waals surface area contributed by atoms with Crippen LogP contribution >= 0.6 is 0 Å². The molecule has 122 valence electrons. The van der Waals surface area contributed by atoms with E-state index in [0.717, 1.165) is 5.56 Å². The van der Waals surface area contributed by atoms with Gasteiger partial charge in [0, 0.05) is 12.5 Å². The molecule has 0 fully saturated rings. The lowest BCUT2D eigenvalue weighted by atomic mass is 10.0. The maximum Gasteiger partial charge on any atom is 0.254 e. The predicted octanol–water partition coefficient (Wildman–Crippen LogP) is 2.83. The molecule has 0 saturated heterocycles. The van der Waals surface area contributed by atoms with Gasteiger partial charge in [0.25, 0.3) is 5.91 Å². The van der Waals surface area contributed by atoms with Crippen LogP contribution in [0.5, 0.6) is 0 Å². The first-order valence-electron chi connectivity index (χ1n) is 7.06. The monoisotopic (exact) mass is 323 g/mol. The summed E-state index contributed by atoms with van der Waals surface area (Å²) in [6.07, 6.45) is -0.613. The second-order valence-electron chi connectivity index (χ2n) is 5.27. The highest BCUT2D eigenvalue weighted by Crippen LogP contribution is 2.14. The lowest BCUT2D eigenvalue weighted by molar-refractivity contribution is 0.0847. The van der Waals surface area contributed by atoms with Gasteiger partial charge >= 0.3 is 0 Å². The Bertz CT molecular complexity index is 692. The Balaban J connectivity index is 2.03. The molecule has 0 aliphatic rings. The maximum absolute atomic E-state index is 13.5. The van der Waals surface area contributed by atoms with E-state index in [1.54, 1.807) is 6.92 Å². The molecule has 23 heavy (non-hydrogen) atoms. The minimum atomic E-state index is -1.36. The highest BCUT2D eigenvalue weighted by Gasteiger charge is 2.21. The zero-order valence-electron chi connectivity index (χ0n) is 12.4. The number of carbonyl (C=O) groups is 1. The first-order valence-corrected chi connectivity index (χ1v) is 7.06. The number of amides is 1. The van der Waals surface area contributed by atoms with Crippen LogP contribution in [0.15, 0.2) is 42.5 Å². The highest BCUT2D eigenvalue weighted by atomic mass is 19.2. The first-order chi connectivity index (χ1) is 10.9. The van der Waals surface area contributed by atoms with Gasteiger partial charge in [-0.05, 0) is 18.6 Å². The Labute approximate surface area is 131 Å². The van der Waals surface area contributed by atoms with Crippen LogP contribution in [0.1, 0.15) is 22.8 Å². The van der Waals surface area contributed by atoms with E-state index in [4.69, 9.17) is 0 Å². The number of halogens is 3. The summed E-state index contributed by atoms with van der Waals surface area (Å²) in [7, 11) is 0. The van der Waals surface area contributed by atoms with Gasteiger partial charge in [0.05, 0.1) is 17.7 Å². The first kappa shape index (κ1) is 17.0. The Morgan fingerprint density at radius 1 is 1.09 bits per heavy atom. The van der Waals surface area contributed by atoms with Crippen molar-refractivity contribution in [1.29, 1.82) is 0 Å². The Morgan fingerprint density at radius 3 is 2.35 bits per heavy atom. The summed E-state index contributed by atoms with van der Waals surface area (Å²) in [6, 6.07) is 9.25. The third-order valence-corrected chi connectivity index (χ3v) is 3.48. The summed E-state index contributed by atoms with van der Waals surface area (Å²) in [6.45, 7) is 1.54. The van der Waals surface area contributed by atoms with E-state index in [0.29, 0.717) is 18.6 Å². The van der Waals surface area contributed by atoms with Gasteiger partial charge in [-0.1, -0.05) is 30.3 Å². The molecule has 0 aliphatic heterocycles. The molecule has 6 heteroatoms. The Morgan fingerprint density at radius 2 is 1.70 bits per heavy atom. The number of benzene rings is 2. The normalized spacial score (nSPS) is 13.4. The molecule has 0 spiro atoms. The molecule has 0 bridgehead atoms. The summed E-state index contributed by atoms with van der Waals surface area (Å²) in [5.41, 5.74) is 0.266. The molecule has 2 aromatic carbocycles. The molecule has 0 radical (unpaired) electrons. The largest absolute Gasteiger partial charge is 0.391 e. The smallest absolute Gasteiger partial charge is 0.254 e. The summed E-state index contributed by atoms with van der Waals surface area (Å²) < 4.78 is 39.6. The predicted molar refractivity (Wildman–Crippen MR) is 79.4 cm³/mol. The van der Waals surface area contributed by atoms with E-state index in [-0.39, 0.29) is 0 Å². The molecule has 2 N–H and O–H groups in total. The van der Waals surface area contributed by atoms with Crippen molar-refractivity contribution in [2.45, 2.75) is 25.5 Å². The minimum Gasteiger partial charge on any atom is -0.391 e. The van der Waals surface area contributed by atoms with E-state index in [9.17, 15) is 23.1 Å². The Hall–Kier alpha value is -2.34. The van der Waals surface area contributed by atoms with Crippen molar-refractivity contribution in [3.8, 4) is 0 Å². The molecule has 2 unspecified atom stereocenters. The molecule has 2 rings (SSSR count). The standard InChI is InChI=1S/C17H16F3NO2/c1-10(16(22)7-11-5-3-2-4-6-11)21-17(23)12-8-14(19)15(20)9-13(12)18/h2-6,8-10,16,22H,7H2,1H3,(H,21,23). The van der Waals surface area contributed by atoms with E-state index in [1.165, 1.54) is 0 Å². The van der Waals surface area contributed by atoms with Gasteiger partial charge in [-0.2, -0.15) is 0 Å². The van der Waals surface area contributed by atoms with Gasteiger partial charge in [-0.3, -0.25) is 4.79 Å². The van der Waals surface area contributed by atoms with Crippen molar-refractivity contribution in [3.63, 3.8) is 0 Å². The number of rotatable bonds is 5. The van der Waals surface area contributed by atoms with Crippen LogP contribution in [0.4, 0.5) is 13.2 Å². The van der Waals surface area contributed by atoms with Crippen LogP contribution in [0.3, 0.4) is 0 Å². The number of carbonyl (C=O) groups excluding carboxylic acids is 1. The van der Waals surface area contributed by atoms with Gasteiger partial charge in [-0.25, -0.2) is 13.2 Å². The molecule has 0 aromatic heterocycles. The van der Waals surface area contributed by atoms with Crippen LogP contribution in [0, 0.1) is 17.5 Å². The van der Waals surface area contributed by atoms with Crippen molar-refractivity contribution in [3.05, 3.63) is 71.0 Å². The molecule has 3 nitrogen and oxygen atoms in total. The van der Waals surface area contributed by atoms with Gasteiger partial charge in [-0.15, -0.1) is 0 Å². The summed E-state index contributed by atoms with van der Waals surface area (Å²) in [5, 5.41) is 12.5. The van der Waals surface area contributed by atoms with E-state index >= 15 is 0 Å². The van der Waals surface area contributed by atoms with E-state index in [2.05, 4.69) is 5.32 Å². The van der Waals surface area contributed by atoms with Crippen LogP contribution in [-0.2, 0) is 6.42 Å². The fraction of sp³-hybridized carbons (Fsp3) is 0.235. The van der Waals surface area contributed by atoms with Crippen molar-refractivity contribution < 1.29 is 23.1 Å². The van der Waals surface area contributed by atoms with E-state index in [1.807, 2.05) is 30.3 Å². The van der Waals surface area contributed by atoms with Crippen LogP contribution in [-0.4, -0.2) is 23.2 Å². The van der Waals surface area contributed by atoms with Gasteiger partial charge < -0.3 is 10.4 Å². The Kier molecular flexibility index (Phi) is 5.39. The molecule has 0 saturated carbocycles. The van der Waals surface area contributed by atoms with Crippen molar-refractivity contribution in [2.75, 3.05) is 0 Å². The zero-order chi connectivity index (χ0) is 17.0. The maximum atomic E-state index is 13.5. The van der Waals surface area contributed by atoms with Crippen LogP contribution < -0.4 is 5.32 Å². The second-order valence-corrected chi connectivity index (χ2v) is 5.27. The third-order valence-electron chi connectivity index (χ3n) is 3.48. The number of hydrogen-bond donors (Lipinski definition) is 2. The zero-order valence-corrected chi connectivity index (χ0v) is 12.4. The van der Waals surface area contributed by atoms with Gasteiger partial charge in [0.1, 0.15) is 5.82 Å². The summed E-state index contributed by atoms with van der Waals surface area (Å²) in [5.74, 6) is -4.75. The molecular formula is C17H16F3NO2.